The highest BCUT2D eigenvalue weighted by atomic mass is 79.9. The van der Waals surface area contributed by atoms with Gasteiger partial charge in [-0.1, -0.05) is 40.2 Å². The first-order valence-corrected chi connectivity index (χ1v) is 6.89. The predicted octanol–water partition coefficient (Wildman–Crippen LogP) is 3.13. The van der Waals surface area contributed by atoms with Crippen molar-refractivity contribution in [3.8, 4) is 0 Å². The van der Waals surface area contributed by atoms with Crippen molar-refractivity contribution in [1.82, 2.24) is 0 Å². The predicted molar refractivity (Wildman–Crippen MR) is 75.9 cm³/mol. The SMILES string of the molecule is C=CC[C@@H]1Cc2c(Br)cccc2[C@@H](CC=C)[NH2+]1. The van der Waals surface area contributed by atoms with Crippen LogP contribution in [0, 0.1) is 0 Å². The lowest BCUT2D eigenvalue weighted by molar-refractivity contribution is -0.730. The van der Waals surface area contributed by atoms with Crippen LogP contribution in [0.5, 0.6) is 0 Å². The maximum absolute atomic E-state index is 3.87. The molecule has 17 heavy (non-hydrogen) atoms. The van der Waals surface area contributed by atoms with Gasteiger partial charge in [0, 0.05) is 29.3 Å². The number of nitrogens with two attached hydrogens (primary N) is 1. The lowest BCUT2D eigenvalue weighted by Crippen LogP contribution is -2.92. The van der Waals surface area contributed by atoms with Crippen LogP contribution in [0.15, 0.2) is 48.0 Å². The molecule has 1 heterocycles. The van der Waals surface area contributed by atoms with E-state index in [1.807, 2.05) is 12.2 Å². The zero-order valence-electron chi connectivity index (χ0n) is 10.0. The van der Waals surface area contributed by atoms with Gasteiger partial charge < -0.3 is 5.32 Å². The molecule has 1 aromatic rings. The minimum absolute atomic E-state index is 0.513. The third-order valence-electron chi connectivity index (χ3n) is 3.42. The number of hydrogen-bond donors (Lipinski definition) is 1. The number of quaternary nitrogens is 1. The zero-order valence-corrected chi connectivity index (χ0v) is 11.6. The molecule has 1 aliphatic heterocycles. The fourth-order valence-corrected chi connectivity index (χ4v) is 3.20. The molecule has 0 aromatic heterocycles. The molecule has 0 fully saturated rings. The fourth-order valence-electron chi connectivity index (χ4n) is 2.66. The maximum atomic E-state index is 3.87. The number of fused-ring (bicyclic) bond motifs is 1. The second-order valence-electron chi connectivity index (χ2n) is 4.62. The molecule has 2 atom stereocenters. The van der Waals surface area contributed by atoms with E-state index in [9.17, 15) is 0 Å². The minimum Gasteiger partial charge on any atom is -0.337 e. The van der Waals surface area contributed by atoms with Crippen LogP contribution in [0.25, 0.3) is 0 Å². The summed E-state index contributed by atoms with van der Waals surface area (Å²) in [5.74, 6) is 0. The summed E-state index contributed by atoms with van der Waals surface area (Å²) in [5.41, 5.74) is 2.92. The maximum Gasteiger partial charge on any atom is 0.116 e. The molecule has 0 spiro atoms. The molecule has 2 rings (SSSR count). The highest BCUT2D eigenvalue weighted by Crippen LogP contribution is 2.29. The molecule has 90 valence electrons. The van der Waals surface area contributed by atoms with Crippen LogP contribution in [-0.2, 0) is 6.42 Å². The Morgan fingerprint density at radius 2 is 2.06 bits per heavy atom. The highest BCUT2D eigenvalue weighted by molar-refractivity contribution is 9.10. The number of rotatable bonds is 4. The van der Waals surface area contributed by atoms with Gasteiger partial charge in [-0.2, -0.15) is 0 Å². The summed E-state index contributed by atoms with van der Waals surface area (Å²) in [6, 6.07) is 7.64. The van der Waals surface area contributed by atoms with E-state index in [1.165, 1.54) is 15.6 Å². The topological polar surface area (TPSA) is 16.6 Å². The van der Waals surface area contributed by atoms with Crippen LogP contribution in [0.4, 0.5) is 0 Å². The van der Waals surface area contributed by atoms with Gasteiger partial charge in [0.25, 0.3) is 0 Å². The zero-order chi connectivity index (χ0) is 12.3. The van der Waals surface area contributed by atoms with E-state index in [0.29, 0.717) is 12.1 Å². The van der Waals surface area contributed by atoms with E-state index in [2.05, 4.69) is 52.6 Å². The molecule has 0 amide bonds. The minimum atomic E-state index is 0.513. The number of benzene rings is 1. The van der Waals surface area contributed by atoms with Crippen molar-refractivity contribution in [2.45, 2.75) is 31.3 Å². The third kappa shape index (κ3) is 2.70. The lowest BCUT2D eigenvalue weighted by Gasteiger charge is -2.29. The second kappa shape index (κ2) is 5.65. The second-order valence-corrected chi connectivity index (χ2v) is 5.47. The molecular weight excluding hydrogens is 274 g/mol. The molecule has 0 saturated carbocycles. The Hall–Kier alpha value is -0.860. The smallest absolute Gasteiger partial charge is 0.116 e. The van der Waals surface area contributed by atoms with Gasteiger partial charge in [0.15, 0.2) is 0 Å². The van der Waals surface area contributed by atoms with Crippen molar-refractivity contribution in [2.24, 2.45) is 0 Å². The fraction of sp³-hybridized carbons (Fsp3) is 0.333. The van der Waals surface area contributed by atoms with Crippen molar-refractivity contribution in [3.63, 3.8) is 0 Å². The molecule has 0 bridgehead atoms. The Morgan fingerprint density at radius 3 is 2.76 bits per heavy atom. The van der Waals surface area contributed by atoms with E-state index < -0.39 is 0 Å². The summed E-state index contributed by atoms with van der Waals surface area (Å²) in [7, 11) is 0. The lowest BCUT2D eigenvalue weighted by atomic mass is 9.87. The van der Waals surface area contributed by atoms with E-state index in [1.54, 1.807) is 0 Å². The molecule has 0 unspecified atom stereocenters. The molecular formula is C15H19BrN+. The van der Waals surface area contributed by atoms with E-state index in [4.69, 9.17) is 0 Å². The number of hydrogen-bond acceptors (Lipinski definition) is 0. The van der Waals surface area contributed by atoms with Gasteiger partial charge in [-0.05, 0) is 11.6 Å². The standard InChI is InChI=1S/C15H18BrN/c1-3-6-11-10-13-12(8-5-9-14(13)16)15(17-11)7-4-2/h3-5,8-9,11,15,17H,1-2,6-7,10H2/p+1/t11-,15-/m1/s1. The molecule has 2 N–H and O–H groups in total. The number of halogens is 1. The van der Waals surface area contributed by atoms with Crippen LogP contribution >= 0.6 is 15.9 Å². The average molecular weight is 293 g/mol. The van der Waals surface area contributed by atoms with Gasteiger partial charge in [0.2, 0.25) is 0 Å². The van der Waals surface area contributed by atoms with Gasteiger partial charge in [0.1, 0.15) is 6.04 Å². The molecule has 0 radical (unpaired) electrons. The normalized spacial score (nSPS) is 22.9. The first-order valence-electron chi connectivity index (χ1n) is 6.10. The first kappa shape index (κ1) is 12.6. The molecule has 1 nitrogen and oxygen atoms in total. The van der Waals surface area contributed by atoms with Crippen LogP contribution in [0.1, 0.15) is 30.0 Å². The molecule has 0 aliphatic carbocycles. The Morgan fingerprint density at radius 1 is 1.29 bits per heavy atom. The van der Waals surface area contributed by atoms with Crippen molar-refractivity contribution < 1.29 is 5.32 Å². The van der Waals surface area contributed by atoms with Crippen molar-refractivity contribution in [3.05, 3.63) is 59.1 Å². The van der Waals surface area contributed by atoms with Crippen molar-refractivity contribution >= 4 is 15.9 Å². The Balaban J connectivity index is 2.34. The molecule has 0 saturated heterocycles. The van der Waals surface area contributed by atoms with Crippen LogP contribution in [-0.4, -0.2) is 6.04 Å². The van der Waals surface area contributed by atoms with Crippen molar-refractivity contribution in [1.29, 1.82) is 0 Å². The summed E-state index contributed by atoms with van der Waals surface area (Å²) in [6.07, 6.45) is 7.25. The summed E-state index contributed by atoms with van der Waals surface area (Å²) in [6.45, 7) is 7.72. The van der Waals surface area contributed by atoms with Gasteiger partial charge in [-0.25, -0.2) is 0 Å². The monoisotopic (exact) mass is 292 g/mol. The van der Waals surface area contributed by atoms with Gasteiger partial charge >= 0.3 is 0 Å². The summed E-state index contributed by atoms with van der Waals surface area (Å²) >= 11 is 3.67. The quantitative estimate of drug-likeness (QED) is 0.821. The third-order valence-corrected chi connectivity index (χ3v) is 4.16. The highest BCUT2D eigenvalue weighted by Gasteiger charge is 2.29. The summed E-state index contributed by atoms with van der Waals surface area (Å²) < 4.78 is 1.24. The van der Waals surface area contributed by atoms with Crippen LogP contribution < -0.4 is 5.32 Å². The van der Waals surface area contributed by atoms with Crippen LogP contribution in [0.3, 0.4) is 0 Å². The molecule has 1 aliphatic rings. The van der Waals surface area contributed by atoms with Gasteiger partial charge in [-0.3, -0.25) is 0 Å². The first-order chi connectivity index (χ1) is 8.26. The summed E-state index contributed by atoms with van der Waals surface area (Å²) in [4.78, 5) is 0. The van der Waals surface area contributed by atoms with E-state index >= 15 is 0 Å². The van der Waals surface area contributed by atoms with E-state index in [0.717, 1.165) is 19.3 Å². The Labute approximate surface area is 112 Å². The van der Waals surface area contributed by atoms with E-state index in [-0.39, 0.29) is 0 Å². The Kier molecular flexibility index (Phi) is 4.19. The van der Waals surface area contributed by atoms with Gasteiger partial charge in [0.05, 0.1) is 6.04 Å². The van der Waals surface area contributed by atoms with Crippen LogP contribution in [0.2, 0.25) is 0 Å². The summed E-state index contributed by atoms with van der Waals surface area (Å²) in [5, 5.41) is 2.47. The Bertz CT molecular complexity index is 425. The largest absolute Gasteiger partial charge is 0.337 e. The molecule has 2 heteroatoms. The molecule has 1 aromatic carbocycles. The van der Waals surface area contributed by atoms with Crippen molar-refractivity contribution in [2.75, 3.05) is 0 Å². The average Bonchev–Trinajstić information content (AvgIpc) is 2.31. The van der Waals surface area contributed by atoms with Gasteiger partial charge in [-0.15, -0.1) is 13.2 Å².